The molecule has 1 aromatic rings. The van der Waals surface area contributed by atoms with Crippen molar-refractivity contribution in [3.05, 3.63) is 30.1 Å². The quantitative estimate of drug-likeness (QED) is 0.767. The molecular formula is C12H19N3O3S. The molecule has 2 atom stereocenters. The van der Waals surface area contributed by atoms with Crippen molar-refractivity contribution in [3.8, 4) is 0 Å². The lowest BCUT2D eigenvalue weighted by Crippen LogP contribution is -2.42. The van der Waals surface area contributed by atoms with Crippen molar-refractivity contribution in [2.75, 3.05) is 12.0 Å². The highest BCUT2D eigenvalue weighted by Gasteiger charge is 2.18. The molecule has 0 aliphatic rings. The van der Waals surface area contributed by atoms with Crippen LogP contribution < -0.4 is 11.1 Å². The van der Waals surface area contributed by atoms with E-state index in [-0.39, 0.29) is 24.1 Å². The second-order valence-electron chi connectivity index (χ2n) is 4.54. The fourth-order valence-corrected chi connectivity index (χ4v) is 2.21. The van der Waals surface area contributed by atoms with E-state index in [0.717, 1.165) is 11.8 Å². The number of hydrogen-bond acceptors (Lipinski definition) is 5. The van der Waals surface area contributed by atoms with Gasteiger partial charge < -0.3 is 11.1 Å². The van der Waals surface area contributed by atoms with Crippen LogP contribution in [0.15, 0.2) is 24.5 Å². The maximum Gasteiger partial charge on any atom is 0.237 e. The molecule has 0 aliphatic carbocycles. The molecule has 1 aromatic heterocycles. The zero-order chi connectivity index (χ0) is 14.5. The molecule has 1 rings (SSSR count). The van der Waals surface area contributed by atoms with E-state index in [0.29, 0.717) is 0 Å². The van der Waals surface area contributed by atoms with Crippen LogP contribution in [0, 0.1) is 0 Å². The number of amides is 1. The highest BCUT2D eigenvalue weighted by Crippen LogP contribution is 2.10. The summed E-state index contributed by atoms with van der Waals surface area (Å²) < 4.78 is 22.0. The predicted octanol–water partition coefficient (Wildman–Crippen LogP) is 0.0208. The van der Waals surface area contributed by atoms with Crippen LogP contribution >= 0.6 is 0 Å². The van der Waals surface area contributed by atoms with Gasteiger partial charge in [0.05, 0.1) is 17.8 Å². The zero-order valence-electron chi connectivity index (χ0n) is 11.0. The number of nitrogens with one attached hydrogen (secondary N) is 1. The Hall–Kier alpha value is -1.47. The van der Waals surface area contributed by atoms with E-state index in [1.807, 2.05) is 6.92 Å². The minimum absolute atomic E-state index is 0.0920. The van der Waals surface area contributed by atoms with Gasteiger partial charge in [-0.25, -0.2) is 8.42 Å². The van der Waals surface area contributed by atoms with Crippen LogP contribution in [0.4, 0.5) is 0 Å². The fraction of sp³-hybridized carbons (Fsp3) is 0.500. The van der Waals surface area contributed by atoms with Crippen molar-refractivity contribution >= 4 is 15.7 Å². The van der Waals surface area contributed by atoms with Gasteiger partial charge in [0.1, 0.15) is 9.84 Å². The monoisotopic (exact) mass is 285 g/mol. The molecule has 6 nitrogen and oxygen atoms in total. The molecule has 0 spiro atoms. The van der Waals surface area contributed by atoms with Gasteiger partial charge in [0.15, 0.2) is 0 Å². The molecule has 0 saturated heterocycles. The molecular weight excluding hydrogens is 266 g/mol. The van der Waals surface area contributed by atoms with E-state index in [1.54, 1.807) is 24.5 Å². The predicted molar refractivity (Wildman–Crippen MR) is 73.1 cm³/mol. The Morgan fingerprint density at radius 1 is 1.42 bits per heavy atom. The Kier molecular flexibility index (Phi) is 5.44. The van der Waals surface area contributed by atoms with E-state index in [4.69, 9.17) is 5.73 Å². The first-order valence-corrected chi connectivity index (χ1v) is 7.99. The number of carbonyl (C=O) groups excluding carboxylic acids is 1. The number of hydrogen-bond donors (Lipinski definition) is 2. The molecule has 0 radical (unpaired) electrons. The highest BCUT2D eigenvalue weighted by molar-refractivity contribution is 7.90. The average molecular weight is 285 g/mol. The lowest BCUT2D eigenvalue weighted by Gasteiger charge is -2.17. The molecule has 0 saturated carbocycles. The Morgan fingerprint density at radius 3 is 2.53 bits per heavy atom. The summed E-state index contributed by atoms with van der Waals surface area (Å²) in [4.78, 5) is 15.7. The third kappa shape index (κ3) is 5.80. The van der Waals surface area contributed by atoms with Crippen molar-refractivity contribution < 1.29 is 13.2 Å². The molecule has 19 heavy (non-hydrogen) atoms. The standard InChI is InChI=1S/C12H19N3O3S/c1-9(10-3-6-14-7-4-10)15-12(16)11(13)5-8-19(2,17)18/h3-4,6-7,9,11H,5,8,13H2,1-2H3,(H,15,16). The van der Waals surface area contributed by atoms with Gasteiger partial charge in [0.25, 0.3) is 0 Å². The second-order valence-corrected chi connectivity index (χ2v) is 6.80. The Bertz CT molecular complexity index is 516. The summed E-state index contributed by atoms with van der Waals surface area (Å²) >= 11 is 0. The molecule has 0 aliphatic heterocycles. The normalized spacial score (nSPS) is 14.7. The van der Waals surface area contributed by atoms with Crippen LogP contribution in [0.25, 0.3) is 0 Å². The van der Waals surface area contributed by atoms with Crippen molar-refractivity contribution in [1.29, 1.82) is 0 Å². The summed E-state index contributed by atoms with van der Waals surface area (Å²) in [5.74, 6) is -0.446. The number of sulfone groups is 1. The lowest BCUT2D eigenvalue weighted by atomic mass is 10.1. The minimum Gasteiger partial charge on any atom is -0.348 e. The summed E-state index contributed by atoms with van der Waals surface area (Å²) in [6, 6.07) is 2.58. The largest absolute Gasteiger partial charge is 0.348 e. The van der Waals surface area contributed by atoms with Gasteiger partial charge in [-0.3, -0.25) is 9.78 Å². The van der Waals surface area contributed by atoms with E-state index in [2.05, 4.69) is 10.3 Å². The molecule has 0 aromatic carbocycles. The summed E-state index contributed by atoms with van der Waals surface area (Å²) in [5, 5.41) is 2.75. The maximum absolute atomic E-state index is 11.8. The van der Waals surface area contributed by atoms with E-state index in [1.165, 1.54) is 0 Å². The molecule has 7 heteroatoms. The summed E-state index contributed by atoms with van der Waals surface area (Å²) in [5.41, 5.74) is 6.58. The number of nitrogens with two attached hydrogens (primary N) is 1. The van der Waals surface area contributed by atoms with E-state index in [9.17, 15) is 13.2 Å². The minimum atomic E-state index is -3.10. The van der Waals surface area contributed by atoms with Crippen LogP contribution in [0.3, 0.4) is 0 Å². The molecule has 3 N–H and O–H groups in total. The fourth-order valence-electron chi connectivity index (χ4n) is 1.53. The van der Waals surface area contributed by atoms with Crippen LogP contribution in [-0.2, 0) is 14.6 Å². The number of nitrogens with zero attached hydrogens (tertiary/aromatic N) is 1. The number of pyridine rings is 1. The van der Waals surface area contributed by atoms with Gasteiger partial charge in [-0.15, -0.1) is 0 Å². The first kappa shape index (κ1) is 15.6. The number of rotatable bonds is 6. The molecule has 1 heterocycles. The Labute approximate surface area is 113 Å². The SMILES string of the molecule is CC(NC(=O)C(N)CCS(C)(=O)=O)c1ccncc1. The maximum atomic E-state index is 11.8. The Balaban J connectivity index is 2.50. The van der Waals surface area contributed by atoms with Gasteiger partial charge in [-0.1, -0.05) is 0 Å². The van der Waals surface area contributed by atoms with Crippen LogP contribution in [-0.4, -0.2) is 37.4 Å². The smallest absolute Gasteiger partial charge is 0.237 e. The third-order valence-electron chi connectivity index (χ3n) is 2.70. The summed E-state index contributed by atoms with van der Waals surface area (Å²) in [7, 11) is -3.10. The van der Waals surface area contributed by atoms with Gasteiger partial charge >= 0.3 is 0 Å². The number of carbonyl (C=O) groups is 1. The van der Waals surface area contributed by atoms with Crippen molar-refractivity contribution in [1.82, 2.24) is 10.3 Å². The van der Waals surface area contributed by atoms with Gasteiger partial charge in [-0.05, 0) is 31.0 Å². The first-order chi connectivity index (χ1) is 8.79. The number of aromatic nitrogens is 1. The first-order valence-electron chi connectivity index (χ1n) is 5.93. The lowest BCUT2D eigenvalue weighted by molar-refractivity contribution is -0.123. The molecule has 2 unspecified atom stereocenters. The third-order valence-corrected chi connectivity index (χ3v) is 3.68. The van der Waals surface area contributed by atoms with Gasteiger partial charge in [0, 0.05) is 18.6 Å². The van der Waals surface area contributed by atoms with Gasteiger partial charge in [-0.2, -0.15) is 0 Å². The van der Waals surface area contributed by atoms with Crippen LogP contribution in [0.2, 0.25) is 0 Å². The second kappa shape index (κ2) is 6.63. The topological polar surface area (TPSA) is 102 Å². The van der Waals surface area contributed by atoms with Crippen molar-refractivity contribution in [2.45, 2.75) is 25.4 Å². The highest BCUT2D eigenvalue weighted by atomic mass is 32.2. The van der Waals surface area contributed by atoms with Crippen LogP contribution in [0.5, 0.6) is 0 Å². The average Bonchev–Trinajstić information content (AvgIpc) is 2.36. The molecule has 106 valence electrons. The van der Waals surface area contributed by atoms with Gasteiger partial charge in [0.2, 0.25) is 5.91 Å². The van der Waals surface area contributed by atoms with Crippen molar-refractivity contribution in [3.63, 3.8) is 0 Å². The molecule has 1 amide bonds. The molecule has 0 fully saturated rings. The van der Waals surface area contributed by atoms with E-state index < -0.39 is 15.9 Å². The Morgan fingerprint density at radius 2 is 2.00 bits per heavy atom. The summed E-state index contributed by atoms with van der Waals surface area (Å²) in [6.45, 7) is 1.83. The van der Waals surface area contributed by atoms with E-state index >= 15 is 0 Å². The van der Waals surface area contributed by atoms with Crippen molar-refractivity contribution in [2.24, 2.45) is 5.73 Å². The molecule has 0 bridgehead atoms. The zero-order valence-corrected chi connectivity index (χ0v) is 11.9. The summed E-state index contributed by atoms with van der Waals surface area (Å²) in [6.07, 6.45) is 4.52. The van der Waals surface area contributed by atoms with Crippen LogP contribution in [0.1, 0.15) is 24.9 Å².